The van der Waals surface area contributed by atoms with Crippen LogP contribution in [0.15, 0.2) is 22.8 Å². The van der Waals surface area contributed by atoms with Crippen molar-refractivity contribution in [3.8, 4) is 0 Å². The van der Waals surface area contributed by atoms with E-state index in [9.17, 15) is 0 Å². The van der Waals surface area contributed by atoms with Crippen molar-refractivity contribution in [2.75, 3.05) is 13.1 Å². The van der Waals surface area contributed by atoms with Crippen molar-refractivity contribution in [3.05, 3.63) is 24.2 Å². The van der Waals surface area contributed by atoms with E-state index in [-0.39, 0.29) is 5.54 Å². The van der Waals surface area contributed by atoms with Gasteiger partial charge in [-0.25, -0.2) is 0 Å². The van der Waals surface area contributed by atoms with Gasteiger partial charge in [-0.05, 0) is 38.3 Å². The lowest BCUT2D eigenvalue weighted by Gasteiger charge is -2.49. The van der Waals surface area contributed by atoms with Crippen molar-refractivity contribution in [1.29, 1.82) is 0 Å². The molecule has 1 N–H and O–H groups in total. The van der Waals surface area contributed by atoms with Gasteiger partial charge in [-0.3, -0.25) is 4.90 Å². The molecule has 0 bridgehead atoms. The molecule has 0 aromatic carbocycles. The SMILES string of the molecule is CCC1CNC(CC)(CC)CN1C(C)c1ccco1. The highest BCUT2D eigenvalue weighted by atomic mass is 16.3. The Kier molecular flexibility index (Phi) is 4.69. The number of piperazine rings is 1. The molecule has 3 heteroatoms. The molecule has 2 unspecified atom stereocenters. The maximum absolute atomic E-state index is 5.61. The number of hydrogen-bond acceptors (Lipinski definition) is 3. The Bertz CT molecular complexity index is 370. The predicted molar refractivity (Wildman–Crippen MR) is 79.2 cm³/mol. The molecule has 0 spiro atoms. The Labute approximate surface area is 117 Å². The van der Waals surface area contributed by atoms with Gasteiger partial charge in [0.05, 0.1) is 12.3 Å². The van der Waals surface area contributed by atoms with Crippen LogP contribution in [0.1, 0.15) is 58.8 Å². The maximum Gasteiger partial charge on any atom is 0.120 e. The fraction of sp³-hybridized carbons (Fsp3) is 0.750. The summed E-state index contributed by atoms with van der Waals surface area (Å²) in [4.78, 5) is 2.63. The normalized spacial score (nSPS) is 25.4. The molecular formula is C16H28N2O. The minimum atomic E-state index is 0.270. The second kappa shape index (κ2) is 6.10. The molecule has 0 saturated carbocycles. The van der Waals surface area contributed by atoms with Gasteiger partial charge in [0.1, 0.15) is 5.76 Å². The van der Waals surface area contributed by atoms with E-state index in [4.69, 9.17) is 4.42 Å². The fourth-order valence-corrected chi connectivity index (χ4v) is 3.23. The van der Waals surface area contributed by atoms with Crippen molar-refractivity contribution >= 4 is 0 Å². The largest absolute Gasteiger partial charge is 0.468 e. The molecule has 19 heavy (non-hydrogen) atoms. The monoisotopic (exact) mass is 264 g/mol. The van der Waals surface area contributed by atoms with Crippen LogP contribution in [-0.4, -0.2) is 29.6 Å². The zero-order valence-corrected chi connectivity index (χ0v) is 12.8. The van der Waals surface area contributed by atoms with Crippen molar-refractivity contribution < 1.29 is 4.42 Å². The lowest BCUT2D eigenvalue weighted by atomic mass is 9.87. The van der Waals surface area contributed by atoms with Crippen molar-refractivity contribution in [3.63, 3.8) is 0 Å². The van der Waals surface area contributed by atoms with Gasteiger partial charge in [0, 0.05) is 24.7 Å². The van der Waals surface area contributed by atoms with E-state index < -0.39 is 0 Å². The molecule has 1 fully saturated rings. The quantitative estimate of drug-likeness (QED) is 0.881. The Morgan fingerprint density at radius 3 is 2.68 bits per heavy atom. The molecule has 1 saturated heterocycles. The molecular weight excluding hydrogens is 236 g/mol. The molecule has 0 aliphatic carbocycles. The summed E-state index contributed by atoms with van der Waals surface area (Å²) in [5.74, 6) is 1.08. The summed E-state index contributed by atoms with van der Waals surface area (Å²) in [6.45, 7) is 11.3. The predicted octanol–water partition coefficient (Wildman–Crippen LogP) is 3.58. The second-order valence-corrected chi connectivity index (χ2v) is 5.79. The summed E-state index contributed by atoms with van der Waals surface area (Å²) in [5.41, 5.74) is 0.270. The van der Waals surface area contributed by atoms with Crippen molar-refractivity contribution in [1.82, 2.24) is 10.2 Å². The first-order chi connectivity index (χ1) is 9.15. The van der Waals surface area contributed by atoms with Gasteiger partial charge in [0.2, 0.25) is 0 Å². The molecule has 2 rings (SSSR count). The van der Waals surface area contributed by atoms with Gasteiger partial charge >= 0.3 is 0 Å². The van der Waals surface area contributed by atoms with Crippen molar-refractivity contribution in [2.24, 2.45) is 0 Å². The Hall–Kier alpha value is -0.800. The van der Waals surface area contributed by atoms with E-state index >= 15 is 0 Å². The molecule has 2 heterocycles. The molecule has 1 aliphatic rings. The van der Waals surface area contributed by atoms with E-state index in [1.807, 2.05) is 6.07 Å². The molecule has 108 valence electrons. The second-order valence-electron chi connectivity index (χ2n) is 5.79. The first-order valence-electron chi connectivity index (χ1n) is 7.70. The van der Waals surface area contributed by atoms with Gasteiger partial charge in [0.25, 0.3) is 0 Å². The van der Waals surface area contributed by atoms with Gasteiger partial charge in [-0.2, -0.15) is 0 Å². The van der Waals surface area contributed by atoms with Crippen LogP contribution >= 0.6 is 0 Å². The Balaban J connectivity index is 2.18. The lowest BCUT2D eigenvalue weighted by molar-refractivity contribution is 0.0330. The van der Waals surface area contributed by atoms with Crippen LogP contribution in [0, 0.1) is 0 Å². The average molecular weight is 264 g/mol. The number of rotatable bonds is 5. The third-order valence-electron chi connectivity index (χ3n) is 4.94. The first kappa shape index (κ1) is 14.6. The highest BCUT2D eigenvalue weighted by molar-refractivity contribution is 5.07. The lowest BCUT2D eigenvalue weighted by Crippen LogP contribution is -2.63. The molecule has 1 aromatic heterocycles. The zero-order valence-electron chi connectivity index (χ0n) is 12.8. The van der Waals surface area contributed by atoms with Crippen LogP contribution in [0.25, 0.3) is 0 Å². The average Bonchev–Trinajstić information content (AvgIpc) is 3.00. The summed E-state index contributed by atoms with van der Waals surface area (Å²) >= 11 is 0. The number of hydrogen-bond donors (Lipinski definition) is 1. The van der Waals surface area contributed by atoms with Crippen LogP contribution in [-0.2, 0) is 0 Å². The van der Waals surface area contributed by atoms with Crippen LogP contribution in [0.4, 0.5) is 0 Å². The summed E-state index contributed by atoms with van der Waals surface area (Å²) in [6.07, 6.45) is 5.33. The third-order valence-corrected chi connectivity index (χ3v) is 4.94. The smallest absolute Gasteiger partial charge is 0.120 e. The molecule has 1 aromatic rings. The van der Waals surface area contributed by atoms with E-state index in [0.29, 0.717) is 12.1 Å². The third kappa shape index (κ3) is 2.87. The Morgan fingerprint density at radius 2 is 2.16 bits per heavy atom. The minimum absolute atomic E-state index is 0.270. The van der Waals surface area contributed by atoms with Crippen LogP contribution in [0.5, 0.6) is 0 Å². The van der Waals surface area contributed by atoms with Crippen molar-refractivity contribution in [2.45, 2.75) is 64.6 Å². The molecule has 3 nitrogen and oxygen atoms in total. The minimum Gasteiger partial charge on any atom is -0.468 e. The molecule has 2 atom stereocenters. The summed E-state index contributed by atoms with van der Waals surface area (Å²) in [7, 11) is 0. The molecule has 0 radical (unpaired) electrons. The van der Waals surface area contributed by atoms with Gasteiger partial charge in [-0.15, -0.1) is 0 Å². The number of nitrogens with zero attached hydrogens (tertiary/aromatic N) is 1. The van der Waals surface area contributed by atoms with E-state index in [1.54, 1.807) is 6.26 Å². The first-order valence-corrected chi connectivity index (χ1v) is 7.70. The maximum atomic E-state index is 5.61. The van der Waals surface area contributed by atoms with Gasteiger partial charge in [0.15, 0.2) is 0 Å². The zero-order chi connectivity index (χ0) is 13.9. The van der Waals surface area contributed by atoms with E-state index in [0.717, 1.165) is 18.8 Å². The Morgan fingerprint density at radius 1 is 1.42 bits per heavy atom. The number of nitrogens with one attached hydrogen (secondary N) is 1. The summed E-state index contributed by atoms with van der Waals surface area (Å²) in [6, 6.07) is 5.05. The van der Waals surface area contributed by atoms with Gasteiger partial charge < -0.3 is 9.73 Å². The fourth-order valence-electron chi connectivity index (χ4n) is 3.23. The highest BCUT2D eigenvalue weighted by Gasteiger charge is 2.38. The highest BCUT2D eigenvalue weighted by Crippen LogP contribution is 2.31. The molecule has 0 amide bonds. The molecule has 1 aliphatic heterocycles. The topological polar surface area (TPSA) is 28.4 Å². The van der Waals surface area contributed by atoms with E-state index in [2.05, 4.69) is 44.0 Å². The van der Waals surface area contributed by atoms with Crippen LogP contribution in [0.2, 0.25) is 0 Å². The van der Waals surface area contributed by atoms with E-state index in [1.165, 1.54) is 19.3 Å². The van der Waals surface area contributed by atoms with Crippen LogP contribution < -0.4 is 5.32 Å². The van der Waals surface area contributed by atoms with Crippen LogP contribution in [0.3, 0.4) is 0 Å². The van der Waals surface area contributed by atoms with Gasteiger partial charge in [-0.1, -0.05) is 20.8 Å². The summed E-state index contributed by atoms with van der Waals surface area (Å²) in [5, 5.41) is 3.79. The summed E-state index contributed by atoms with van der Waals surface area (Å²) < 4.78 is 5.61. The standard InChI is InChI=1S/C16H28N2O/c1-5-14-11-17-16(6-2,7-3)12-18(14)13(4)15-9-8-10-19-15/h8-10,13-14,17H,5-7,11-12H2,1-4H3. The number of furan rings is 1.